The number of aromatic nitrogens is 3. The van der Waals surface area contributed by atoms with Crippen molar-refractivity contribution in [3.8, 4) is 0 Å². The minimum absolute atomic E-state index is 0.121. The van der Waals surface area contributed by atoms with Gasteiger partial charge < -0.3 is 9.97 Å². The van der Waals surface area contributed by atoms with Gasteiger partial charge in [0.1, 0.15) is 0 Å². The first-order valence-corrected chi connectivity index (χ1v) is 5.64. The summed E-state index contributed by atoms with van der Waals surface area (Å²) in [4.78, 5) is 54.4. The van der Waals surface area contributed by atoms with Gasteiger partial charge in [0.05, 0.1) is 32.9 Å². The normalized spacial score (nSPS) is 10.8. The molecule has 98 valence electrons. The van der Waals surface area contributed by atoms with Crippen molar-refractivity contribution in [3.63, 3.8) is 0 Å². The third-order valence-corrected chi connectivity index (χ3v) is 3.03. The van der Waals surface area contributed by atoms with Crippen LogP contribution in [0.1, 0.15) is 20.7 Å². The van der Waals surface area contributed by atoms with Crippen molar-refractivity contribution in [2.24, 2.45) is 0 Å². The number of nitrogens with zero attached hydrogens (tertiary/aromatic N) is 1. The summed E-state index contributed by atoms with van der Waals surface area (Å²) >= 11 is 0. The lowest BCUT2D eigenvalue weighted by Crippen LogP contribution is -2.12. The standard InChI is InChI=1S/C13H7N3O4/c17-4-6-2-14-12(19)8-1-9-11(16-10(6)8)7(5-18)3-15-13(9)20/h1-5H,(H,14,19)(H,15,20). The number of hydrogen-bond acceptors (Lipinski definition) is 5. The number of aldehydes is 2. The number of nitrogens with one attached hydrogen (secondary N) is 2. The largest absolute Gasteiger partial charge is 0.328 e. The molecule has 0 saturated heterocycles. The summed E-state index contributed by atoms with van der Waals surface area (Å²) in [6, 6.07) is 1.33. The van der Waals surface area contributed by atoms with Gasteiger partial charge in [-0.1, -0.05) is 0 Å². The molecular formula is C13H7N3O4. The highest BCUT2D eigenvalue weighted by atomic mass is 16.1. The molecule has 2 N–H and O–H groups in total. The number of hydrogen-bond donors (Lipinski definition) is 2. The first-order valence-electron chi connectivity index (χ1n) is 5.64. The highest BCUT2D eigenvalue weighted by Gasteiger charge is 2.12. The Hall–Kier alpha value is -3.09. The molecule has 3 aromatic heterocycles. The maximum atomic E-state index is 11.8. The zero-order chi connectivity index (χ0) is 14.3. The molecule has 20 heavy (non-hydrogen) atoms. The van der Waals surface area contributed by atoms with Gasteiger partial charge in [-0.05, 0) is 6.07 Å². The third-order valence-electron chi connectivity index (χ3n) is 3.03. The molecule has 0 radical (unpaired) electrons. The Labute approximate surface area is 110 Å². The summed E-state index contributed by atoms with van der Waals surface area (Å²) in [6.07, 6.45) is 3.57. The second-order valence-corrected chi connectivity index (χ2v) is 4.16. The van der Waals surface area contributed by atoms with Crippen LogP contribution >= 0.6 is 0 Å². The van der Waals surface area contributed by atoms with Gasteiger partial charge in [-0.2, -0.15) is 0 Å². The highest BCUT2D eigenvalue weighted by Crippen LogP contribution is 2.18. The molecule has 3 rings (SSSR count). The minimum atomic E-state index is -0.462. The van der Waals surface area contributed by atoms with E-state index in [1.54, 1.807) is 0 Å². The average molecular weight is 269 g/mol. The first-order chi connectivity index (χ1) is 9.65. The number of carbonyl (C=O) groups excluding carboxylic acids is 2. The number of carbonyl (C=O) groups is 2. The van der Waals surface area contributed by atoms with Crippen LogP contribution < -0.4 is 11.1 Å². The Bertz CT molecular complexity index is 907. The van der Waals surface area contributed by atoms with Gasteiger partial charge in [0.25, 0.3) is 11.1 Å². The van der Waals surface area contributed by atoms with E-state index in [1.807, 2.05) is 0 Å². The van der Waals surface area contributed by atoms with Crippen molar-refractivity contribution in [3.05, 3.63) is 50.3 Å². The van der Waals surface area contributed by atoms with E-state index in [9.17, 15) is 19.2 Å². The Kier molecular flexibility index (Phi) is 2.53. The van der Waals surface area contributed by atoms with Crippen molar-refractivity contribution in [2.45, 2.75) is 0 Å². The minimum Gasteiger partial charge on any atom is -0.328 e. The third kappa shape index (κ3) is 1.57. The fraction of sp³-hybridized carbons (Fsp3) is 0. The lowest BCUT2D eigenvalue weighted by Gasteiger charge is -2.03. The van der Waals surface area contributed by atoms with Crippen LogP contribution in [-0.2, 0) is 0 Å². The van der Waals surface area contributed by atoms with Crippen LogP contribution in [0.25, 0.3) is 21.8 Å². The maximum Gasteiger partial charge on any atom is 0.257 e. The average Bonchev–Trinajstić information content (AvgIpc) is 2.47. The quantitative estimate of drug-likeness (QED) is 0.516. The lowest BCUT2D eigenvalue weighted by molar-refractivity contribution is 0.111. The van der Waals surface area contributed by atoms with Crippen LogP contribution in [0.4, 0.5) is 0 Å². The molecule has 3 heterocycles. The van der Waals surface area contributed by atoms with Crippen molar-refractivity contribution < 1.29 is 9.59 Å². The second-order valence-electron chi connectivity index (χ2n) is 4.16. The Morgan fingerprint density at radius 2 is 1.30 bits per heavy atom. The SMILES string of the molecule is O=Cc1c[nH]c(=O)c2cc3c(=O)[nH]cc(C=O)c3nc12. The molecule has 0 atom stereocenters. The monoisotopic (exact) mass is 269 g/mol. The summed E-state index contributed by atoms with van der Waals surface area (Å²) < 4.78 is 0. The molecule has 7 nitrogen and oxygen atoms in total. The summed E-state index contributed by atoms with van der Waals surface area (Å²) in [6.45, 7) is 0. The van der Waals surface area contributed by atoms with Crippen LogP contribution in [-0.4, -0.2) is 27.5 Å². The number of aromatic amines is 2. The van der Waals surface area contributed by atoms with E-state index in [0.29, 0.717) is 12.6 Å². The zero-order valence-corrected chi connectivity index (χ0v) is 9.97. The summed E-state index contributed by atoms with van der Waals surface area (Å²) in [5.74, 6) is 0. The van der Waals surface area contributed by atoms with Gasteiger partial charge in [0, 0.05) is 12.4 Å². The summed E-state index contributed by atoms with van der Waals surface area (Å²) in [7, 11) is 0. The predicted molar refractivity (Wildman–Crippen MR) is 71.3 cm³/mol. The van der Waals surface area contributed by atoms with E-state index < -0.39 is 11.1 Å². The molecule has 0 saturated carbocycles. The Balaban J connectivity index is 2.66. The smallest absolute Gasteiger partial charge is 0.257 e. The van der Waals surface area contributed by atoms with E-state index in [2.05, 4.69) is 15.0 Å². The fourth-order valence-electron chi connectivity index (χ4n) is 2.06. The number of rotatable bonds is 2. The van der Waals surface area contributed by atoms with E-state index in [-0.39, 0.29) is 32.9 Å². The van der Waals surface area contributed by atoms with Crippen molar-refractivity contribution >= 4 is 34.4 Å². The van der Waals surface area contributed by atoms with Crippen molar-refractivity contribution in [1.29, 1.82) is 0 Å². The molecule has 0 aromatic carbocycles. The van der Waals surface area contributed by atoms with Crippen molar-refractivity contribution in [2.75, 3.05) is 0 Å². The number of H-pyrrole nitrogens is 2. The zero-order valence-electron chi connectivity index (χ0n) is 9.97. The molecule has 0 aliphatic heterocycles. The fourth-order valence-corrected chi connectivity index (χ4v) is 2.06. The maximum absolute atomic E-state index is 11.8. The second kappa shape index (κ2) is 4.23. The Morgan fingerprint density at radius 3 is 1.70 bits per heavy atom. The van der Waals surface area contributed by atoms with Gasteiger partial charge in [0.15, 0.2) is 12.6 Å². The van der Waals surface area contributed by atoms with Crippen LogP contribution in [0.15, 0.2) is 28.0 Å². The van der Waals surface area contributed by atoms with Gasteiger partial charge in [-0.15, -0.1) is 0 Å². The van der Waals surface area contributed by atoms with E-state index >= 15 is 0 Å². The van der Waals surface area contributed by atoms with Gasteiger partial charge in [-0.25, -0.2) is 4.98 Å². The van der Waals surface area contributed by atoms with E-state index in [4.69, 9.17) is 0 Å². The van der Waals surface area contributed by atoms with Crippen LogP contribution in [0.2, 0.25) is 0 Å². The van der Waals surface area contributed by atoms with Gasteiger partial charge in [-0.3, -0.25) is 19.2 Å². The molecule has 7 heteroatoms. The Morgan fingerprint density at radius 1 is 0.850 bits per heavy atom. The van der Waals surface area contributed by atoms with Crippen molar-refractivity contribution in [1.82, 2.24) is 15.0 Å². The molecule has 0 spiro atoms. The lowest BCUT2D eigenvalue weighted by atomic mass is 10.1. The number of fused-ring (bicyclic) bond motifs is 2. The van der Waals surface area contributed by atoms with E-state index in [0.717, 1.165) is 0 Å². The van der Waals surface area contributed by atoms with Gasteiger partial charge >= 0.3 is 0 Å². The summed E-state index contributed by atoms with van der Waals surface area (Å²) in [5.41, 5.74) is -0.251. The topological polar surface area (TPSA) is 113 Å². The van der Waals surface area contributed by atoms with Gasteiger partial charge in [0.2, 0.25) is 0 Å². The molecule has 0 bridgehead atoms. The number of pyridine rings is 3. The molecule has 0 fully saturated rings. The molecule has 3 aromatic rings. The van der Waals surface area contributed by atoms with E-state index in [1.165, 1.54) is 18.5 Å². The predicted octanol–water partition coefficient (Wildman–Crippen LogP) is 0.390. The first kappa shape index (κ1) is 12.0. The molecular weight excluding hydrogens is 262 g/mol. The molecule has 0 aliphatic rings. The molecule has 0 aliphatic carbocycles. The van der Waals surface area contributed by atoms with Crippen LogP contribution in [0, 0.1) is 0 Å². The van der Waals surface area contributed by atoms with Crippen LogP contribution in [0.3, 0.4) is 0 Å². The molecule has 0 amide bonds. The highest BCUT2D eigenvalue weighted by molar-refractivity contribution is 6.03. The summed E-state index contributed by atoms with van der Waals surface area (Å²) in [5, 5.41) is 0.242. The molecule has 0 unspecified atom stereocenters. The van der Waals surface area contributed by atoms with Crippen LogP contribution in [0.5, 0.6) is 0 Å².